The monoisotopic (exact) mass is 355 g/mol. The van der Waals surface area contributed by atoms with Crippen LogP contribution in [0.1, 0.15) is 40.0 Å². The van der Waals surface area contributed by atoms with Crippen molar-refractivity contribution in [3.63, 3.8) is 0 Å². The van der Waals surface area contributed by atoms with Crippen LogP contribution in [0.2, 0.25) is 0 Å². The summed E-state index contributed by atoms with van der Waals surface area (Å²) < 4.78 is 0. The minimum absolute atomic E-state index is 0.170. The fourth-order valence-electron chi connectivity index (χ4n) is 3.10. The van der Waals surface area contributed by atoms with Crippen molar-refractivity contribution in [3.05, 3.63) is 0 Å². The number of hydrogen-bond donors (Lipinski definition) is 3. The molecule has 0 radical (unpaired) electrons. The number of nitrogens with zero attached hydrogens (tertiary/aromatic N) is 3. The maximum absolute atomic E-state index is 11.4. The summed E-state index contributed by atoms with van der Waals surface area (Å²) >= 11 is 0. The molecule has 146 valence electrons. The number of rotatable bonds is 10. The van der Waals surface area contributed by atoms with E-state index in [1.165, 1.54) is 0 Å². The summed E-state index contributed by atoms with van der Waals surface area (Å²) in [5, 5.41) is 15.8. The van der Waals surface area contributed by atoms with Crippen molar-refractivity contribution in [2.24, 2.45) is 10.9 Å². The SMILES string of the molecule is CCCC(CCO)CN=C(NCC)NCCN1CCN(C(C)=O)CC1. The zero-order chi connectivity index (χ0) is 18.5. The molecule has 3 N–H and O–H groups in total. The van der Waals surface area contributed by atoms with Crippen molar-refractivity contribution in [2.75, 3.05) is 59.0 Å². The van der Waals surface area contributed by atoms with Gasteiger partial charge >= 0.3 is 0 Å². The van der Waals surface area contributed by atoms with E-state index < -0.39 is 0 Å². The fraction of sp³-hybridized carbons (Fsp3) is 0.889. The van der Waals surface area contributed by atoms with Crippen molar-refractivity contribution in [1.82, 2.24) is 20.4 Å². The van der Waals surface area contributed by atoms with E-state index in [9.17, 15) is 4.79 Å². The van der Waals surface area contributed by atoms with Crippen molar-refractivity contribution in [2.45, 2.75) is 40.0 Å². The highest BCUT2D eigenvalue weighted by Crippen LogP contribution is 2.10. The number of piperazine rings is 1. The van der Waals surface area contributed by atoms with Gasteiger partial charge in [0, 0.05) is 65.9 Å². The molecular formula is C18H37N5O2. The quantitative estimate of drug-likeness (QED) is 0.393. The van der Waals surface area contributed by atoms with E-state index >= 15 is 0 Å². The van der Waals surface area contributed by atoms with Crippen LogP contribution in [0, 0.1) is 5.92 Å². The zero-order valence-electron chi connectivity index (χ0n) is 16.3. The number of aliphatic hydroxyl groups excluding tert-OH is 1. The molecule has 1 atom stereocenters. The molecule has 0 bridgehead atoms. The first-order valence-corrected chi connectivity index (χ1v) is 9.71. The Morgan fingerprint density at radius 3 is 2.44 bits per heavy atom. The van der Waals surface area contributed by atoms with Crippen LogP contribution in [-0.4, -0.2) is 85.7 Å². The second-order valence-corrected chi connectivity index (χ2v) is 6.66. The third kappa shape index (κ3) is 9.07. The summed E-state index contributed by atoms with van der Waals surface area (Å²) in [5.41, 5.74) is 0. The van der Waals surface area contributed by atoms with E-state index in [1.807, 2.05) is 4.90 Å². The zero-order valence-corrected chi connectivity index (χ0v) is 16.3. The van der Waals surface area contributed by atoms with Crippen molar-refractivity contribution in [3.8, 4) is 0 Å². The Labute approximate surface area is 152 Å². The molecule has 1 aliphatic heterocycles. The summed E-state index contributed by atoms with van der Waals surface area (Å²) in [6, 6.07) is 0. The Hall–Kier alpha value is -1.34. The number of amides is 1. The van der Waals surface area contributed by atoms with Crippen LogP contribution in [-0.2, 0) is 4.79 Å². The second-order valence-electron chi connectivity index (χ2n) is 6.66. The molecule has 1 fully saturated rings. The lowest BCUT2D eigenvalue weighted by Gasteiger charge is -2.34. The van der Waals surface area contributed by atoms with Gasteiger partial charge in [-0.05, 0) is 25.7 Å². The molecule has 1 rings (SSSR count). The molecule has 0 spiro atoms. The average Bonchev–Trinajstić information content (AvgIpc) is 2.60. The summed E-state index contributed by atoms with van der Waals surface area (Å²) in [4.78, 5) is 20.3. The van der Waals surface area contributed by atoms with Crippen molar-refractivity contribution < 1.29 is 9.90 Å². The highest BCUT2D eigenvalue weighted by molar-refractivity contribution is 5.79. The number of aliphatic imine (C=N–C) groups is 1. The Balaban J connectivity index is 2.34. The molecule has 0 aromatic heterocycles. The van der Waals surface area contributed by atoms with Crippen LogP contribution in [0.15, 0.2) is 4.99 Å². The lowest BCUT2D eigenvalue weighted by molar-refractivity contribution is -0.130. The van der Waals surface area contributed by atoms with Gasteiger partial charge in [0.2, 0.25) is 5.91 Å². The predicted octanol–water partition coefficient (Wildman–Crippen LogP) is 0.504. The van der Waals surface area contributed by atoms with Crippen LogP contribution < -0.4 is 10.6 Å². The van der Waals surface area contributed by atoms with E-state index in [0.29, 0.717) is 5.92 Å². The highest BCUT2D eigenvalue weighted by atomic mass is 16.3. The Morgan fingerprint density at radius 2 is 1.88 bits per heavy atom. The number of carbonyl (C=O) groups excluding carboxylic acids is 1. The average molecular weight is 356 g/mol. The van der Waals surface area contributed by atoms with Crippen LogP contribution >= 0.6 is 0 Å². The Kier molecular flexibility index (Phi) is 11.2. The molecule has 25 heavy (non-hydrogen) atoms. The normalized spacial score (nSPS) is 17.4. The lowest BCUT2D eigenvalue weighted by atomic mass is 10.0. The van der Waals surface area contributed by atoms with Gasteiger partial charge in [-0.25, -0.2) is 0 Å². The second kappa shape index (κ2) is 12.9. The van der Waals surface area contributed by atoms with Gasteiger partial charge in [-0.3, -0.25) is 14.7 Å². The van der Waals surface area contributed by atoms with E-state index in [2.05, 4.69) is 34.4 Å². The number of hydrogen-bond acceptors (Lipinski definition) is 4. The van der Waals surface area contributed by atoms with Crippen molar-refractivity contribution >= 4 is 11.9 Å². The van der Waals surface area contributed by atoms with Crippen LogP contribution in [0.3, 0.4) is 0 Å². The lowest BCUT2D eigenvalue weighted by Crippen LogP contribution is -2.50. The number of nitrogens with one attached hydrogen (secondary N) is 2. The van der Waals surface area contributed by atoms with Gasteiger partial charge in [0.15, 0.2) is 5.96 Å². The largest absolute Gasteiger partial charge is 0.396 e. The third-order valence-corrected chi connectivity index (χ3v) is 4.62. The molecule has 0 saturated carbocycles. The molecule has 7 heteroatoms. The Bertz CT molecular complexity index is 389. The van der Waals surface area contributed by atoms with Gasteiger partial charge in [0.1, 0.15) is 0 Å². The molecule has 1 saturated heterocycles. The molecule has 0 aromatic rings. The van der Waals surface area contributed by atoms with E-state index in [4.69, 9.17) is 5.11 Å². The first-order valence-electron chi connectivity index (χ1n) is 9.71. The predicted molar refractivity (Wildman–Crippen MR) is 103 cm³/mol. The van der Waals surface area contributed by atoms with Crippen molar-refractivity contribution in [1.29, 1.82) is 0 Å². The first kappa shape index (κ1) is 21.7. The van der Waals surface area contributed by atoms with E-state index in [1.54, 1.807) is 6.92 Å². The number of aliphatic hydroxyl groups is 1. The highest BCUT2D eigenvalue weighted by Gasteiger charge is 2.17. The maximum atomic E-state index is 11.4. The summed E-state index contributed by atoms with van der Waals surface area (Å²) in [6.45, 7) is 13.0. The molecule has 0 aromatic carbocycles. The number of guanidine groups is 1. The van der Waals surface area contributed by atoms with E-state index in [0.717, 1.165) is 77.6 Å². The van der Waals surface area contributed by atoms with Gasteiger partial charge in [0.25, 0.3) is 0 Å². The molecule has 1 heterocycles. The number of carbonyl (C=O) groups is 1. The molecule has 1 aliphatic rings. The minimum atomic E-state index is 0.170. The standard InChI is InChI=1S/C18H37N5O2/c1-4-6-17(7-14-24)15-21-18(19-5-2)20-8-9-22-10-12-23(13-11-22)16(3)25/h17,24H,4-15H2,1-3H3,(H2,19,20,21). The molecule has 1 amide bonds. The van der Waals surface area contributed by atoms with Gasteiger partial charge in [-0.1, -0.05) is 13.3 Å². The van der Waals surface area contributed by atoms with Crippen LogP contribution in [0.5, 0.6) is 0 Å². The molecular weight excluding hydrogens is 318 g/mol. The molecule has 7 nitrogen and oxygen atoms in total. The van der Waals surface area contributed by atoms with E-state index in [-0.39, 0.29) is 12.5 Å². The fourth-order valence-corrected chi connectivity index (χ4v) is 3.10. The van der Waals surface area contributed by atoms with Gasteiger partial charge < -0.3 is 20.6 Å². The maximum Gasteiger partial charge on any atom is 0.219 e. The Morgan fingerprint density at radius 1 is 1.16 bits per heavy atom. The smallest absolute Gasteiger partial charge is 0.219 e. The molecule has 0 aliphatic carbocycles. The van der Waals surface area contributed by atoms with Gasteiger partial charge in [-0.15, -0.1) is 0 Å². The minimum Gasteiger partial charge on any atom is -0.396 e. The van der Waals surface area contributed by atoms with Crippen LogP contribution in [0.25, 0.3) is 0 Å². The van der Waals surface area contributed by atoms with Gasteiger partial charge in [0.05, 0.1) is 0 Å². The summed E-state index contributed by atoms with van der Waals surface area (Å²) in [6.07, 6.45) is 3.04. The first-order chi connectivity index (χ1) is 12.1. The summed E-state index contributed by atoms with van der Waals surface area (Å²) in [7, 11) is 0. The third-order valence-electron chi connectivity index (χ3n) is 4.62. The van der Waals surface area contributed by atoms with Crippen LogP contribution in [0.4, 0.5) is 0 Å². The molecule has 1 unspecified atom stereocenters. The topological polar surface area (TPSA) is 80.2 Å². The van der Waals surface area contributed by atoms with Gasteiger partial charge in [-0.2, -0.15) is 0 Å². The summed E-state index contributed by atoms with van der Waals surface area (Å²) in [5.74, 6) is 1.47.